The van der Waals surface area contributed by atoms with Crippen molar-refractivity contribution >= 4 is 15.7 Å². The predicted octanol–water partition coefficient (Wildman–Crippen LogP) is 1.72. The molecule has 4 nitrogen and oxygen atoms in total. The number of hydrogen-bond acceptors (Lipinski definition) is 3. The number of aliphatic hydroxyl groups excluding tert-OH is 1. The molecule has 0 bridgehead atoms. The van der Waals surface area contributed by atoms with E-state index in [2.05, 4.69) is 4.72 Å². The Morgan fingerprint density at radius 2 is 1.88 bits per heavy atom. The van der Waals surface area contributed by atoms with E-state index >= 15 is 0 Å². The molecule has 0 spiro atoms. The number of rotatable bonds is 6. The van der Waals surface area contributed by atoms with Gasteiger partial charge in [-0.1, -0.05) is 25.0 Å². The number of nitrogens with one attached hydrogen (secondary N) is 1. The Morgan fingerprint density at radius 1 is 1.24 bits per heavy atom. The van der Waals surface area contributed by atoms with Crippen LogP contribution in [0.5, 0.6) is 0 Å². The molecule has 0 aromatic heterocycles. The lowest BCUT2D eigenvalue weighted by molar-refractivity contribution is 0.282. The number of sulfonamides is 1. The maximum Gasteiger partial charge on any atom is 0.232 e. The first-order valence-electron chi connectivity index (χ1n) is 5.79. The Bertz CT molecular complexity index is 463. The minimum atomic E-state index is -3.22. The Labute approximate surface area is 102 Å². The van der Waals surface area contributed by atoms with Crippen LogP contribution >= 0.6 is 0 Å². The van der Waals surface area contributed by atoms with Crippen LogP contribution < -0.4 is 4.72 Å². The van der Waals surface area contributed by atoms with Gasteiger partial charge in [-0.15, -0.1) is 0 Å². The van der Waals surface area contributed by atoms with E-state index in [0.717, 1.165) is 12.0 Å². The van der Waals surface area contributed by atoms with Crippen molar-refractivity contribution in [3.05, 3.63) is 29.8 Å². The van der Waals surface area contributed by atoms with Gasteiger partial charge in [0.25, 0.3) is 0 Å². The fourth-order valence-electron chi connectivity index (χ4n) is 1.64. The van der Waals surface area contributed by atoms with Crippen molar-refractivity contribution < 1.29 is 13.5 Å². The van der Waals surface area contributed by atoms with Gasteiger partial charge in [0.2, 0.25) is 10.0 Å². The number of hydrogen-bond donors (Lipinski definition) is 2. The van der Waals surface area contributed by atoms with Gasteiger partial charge in [-0.25, -0.2) is 8.42 Å². The molecule has 0 radical (unpaired) electrons. The van der Waals surface area contributed by atoms with Gasteiger partial charge in [-0.05, 0) is 30.0 Å². The molecule has 17 heavy (non-hydrogen) atoms. The molecule has 1 fully saturated rings. The third-order valence-electron chi connectivity index (χ3n) is 2.90. The van der Waals surface area contributed by atoms with E-state index in [9.17, 15) is 8.42 Å². The van der Waals surface area contributed by atoms with E-state index in [1.165, 1.54) is 12.8 Å². The highest BCUT2D eigenvalue weighted by Gasteiger charge is 2.23. The summed E-state index contributed by atoms with van der Waals surface area (Å²) in [6.45, 7) is -0.0330. The Hall–Kier alpha value is -1.07. The molecule has 0 saturated heterocycles. The fourth-order valence-corrected chi connectivity index (χ4v) is 2.88. The van der Waals surface area contributed by atoms with Crippen LogP contribution in [-0.4, -0.2) is 19.3 Å². The van der Waals surface area contributed by atoms with E-state index in [-0.39, 0.29) is 12.4 Å². The molecule has 1 aromatic rings. The van der Waals surface area contributed by atoms with Crippen LogP contribution in [0.25, 0.3) is 0 Å². The van der Waals surface area contributed by atoms with E-state index in [1.54, 1.807) is 24.3 Å². The summed E-state index contributed by atoms with van der Waals surface area (Å²) in [5.41, 5.74) is 1.32. The second-order valence-corrected chi connectivity index (χ2v) is 6.35. The first kappa shape index (κ1) is 12.4. The highest BCUT2D eigenvalue weighted by Crippen LogP contribution is 2.32. The lowest BCUT2D eigenvalue weighted by Crippen LogP contribution is -2.17. The minimum Gasteiger partial charge on any atom is -0.392 e. The van der Waals surface area contributed by atoms with Gasteiger partial charge in [0, 0.05) is 5.69 Å². The van der Waals surface area contributed by atoms with Crippen molar-refractivity contribution in [2.24, 2.45) is 5.92 Å². The van der Waals surface area contributed by atoms with Gasteiger partial charge in [-0.2, -0.15) is 0 Å². The van der Waals surface area contributed by atoms with Crippen LogP contribution in [0.1, 0.15) is 24.8 Å². The zero-order chi connectivity index (χ0) is 12.3. The van der Waals surface area contributed by atoms with Crippen LogP contribution in [-0.2, 0) is 16.6 Å². The molecule has 5 heteroatoms. The monoisotopic (exact) mass is 255 g/mol. The summed E-state index contributed by atoms with van der Waals surface area (Å²) in [5, 5.41) is 8.87. The lowest BCUT2D eigenvalue weighted by Gasteiger charge is -2.08. The summed E-state index contributed by atoms with van der Waals surface area (Å²) in [6.07, 6.45) is 3.09. The molecular weight excluding hydrogens is 238 g/mol. The summed E-state index contributed by atoms with van der Waals surface area (Å²) < 4.78 is 26.0. The summed E-state index contributed by atoms with van der Waals surface area (Å²) in [7, 11) is -3.22. The number of aliphatic hydroxyl groups is 1. The molecule has 1 aliphatic rings. The molecule has 0 atom stereocenters. The molecule has 1 aromatic carbocycles. The highest BCUT2D eigenvalue weighted by atomic mass is 32.2. The van der Waals surface area contributed by atoms with E-state index < -0.39 is 10.0 Å². The highest BCUT2D eigenvalue weighted by molar-refractivity contribution is 7.92. The quantitative estimate of drug-likeness (QED) is 0.813. The predicted molar refractivity (Wildman–Crippen MR) is 67.1 cm³/mol. The second kappa shape index (κ2) is 5.06. The molecular formula is C12H17NO3S. The molecule has 2 rings (SSSR count). The third-order valence-corrected chi connectivity index (χ3v) is 4.22. The molecule has 0 amide bonds. The Kier molecular flexibility index (Phi) is 3.69. The third kappa shape index (κ3) is 4.02. The van der Waals surface area contributed by atoms with Crippen molar-refractivity contribution in [3.63, 3.8) is 0 Å². The largest absolute Gasteiger partial charge is 0.392 e. The van der Waals surface area contributed by atoms with Crippen LogP contribution in [0.3, 0.4) is 0 Å². The Balaban J connectivity index is 1.92. The van der Waals surface area contributed by atoms with Gasteiger partial charge in [-0.3, -0.25) is 4.72 Å². The van der Waals surface area contributed by atoms with Crippen LogP contribution in [0.2, 0.25) is 0 Å². The average Bonchev–Trinajstić information content (AvgIpc) is 3.11. The van der Waals surface area contributed by atoms with E-state index in [0.29, 0.717) is 11.6 Å². The first-order valence-corrected chi connectivity index (χ1v) is 7.44. The zero-order valence-electron chi connectivity index (χ0n) is 9.59. The molecule has 2 N–H and O–H groups in total. The number of benzene rings is 1. The SMILES string of the molecule is O=S(=O)(CCC1CC1)Nc1ccc(CO)cc1. The van der Waals surface area contributed by atoms with Gasteiger partial charge in [0.15, 0.2) is 0 Å². The topological polar surface area (TPSA) is 66.4 Å². The van der Waals surface area contributed by atoms with Crippen molar-refractivity contribution in [3.8, 4) is 0 Å². The molecule has 0 unspecified atom stereocenters. The van der Waals surface area contributed by atoms with Crippen LogP contribution in [0.4, 0.5) is 5.69 Å². The van der Waals surface area contributed by atoms with Crippen molar-refractivity contribution in [1.82, 2.24) is 0 Å². The number of anilines is 1. The second-order valence-electron chi connectivity index (χ2n) is 4.51. The van der Waals surface area contributed by atoms with Crippen molar-refractivity contribution in [1.29, 1.82) is 0 Å². The summed E-state index contributed by atoms with van der Waals surface area (Å²) >= 11 is 0. The van der Waals surface area contributed by atoms with E-state index in [1.807, 2.05) is 0 Å². The summed E-state index contributed by atoms with van der Waals surface area (Å²) in [4.78, 5) is 0. The smallest absolute Gasteiger partial charge is 0.232 e. The maximum absolute atomic E-state index is 11.7. The van der Waals surface area contributed by atoms with Gasteiger partial charge in [0.1, 0.15) is 0 Å². The molecule has 1 aliphatic carbocycles. The summed E-state index contributed by atoms with van der Waals surface area (Å²) in [6, 6.07) is 6.75. The summed E-state index contributed by atoms with van der Waals surface area (Å²) in [5.74, 6) is 0.808. The molecule has 0 heterocycles. The Morgan fingerprint density at radius 3 is 2.41 bits per heavy atom. The van der Waals surface area contributed by atoms with Crippen LogP contribution in [0, 0.1) is 5.92 Å². The molecule has 1 saturated carbocycles. The maximum atomic E-state index is 11.7. The van der Waals surface area contributed by atoms with Gasteiger partial charge < -0.3 is 5.11 Å². The first-order chi connectivity index (χ1) is 8.09. The fraction of sp³-hybridized carbons (Fsp3) is 0.500. The van der Waals surface area contributed by atoms with E-state index in [4.69, 9.17) is 5.11 Å². The standard InChI is InChI=1S/C12H17NO3S/c14-9-11-3-5-12(6-4-11)13-17(15,16)8-7-10-1-2-10/h3-6,10,13-14H,1-2,7-9H2. The van der Waals surface area contributed by atoms with Crippen molar-refractivity contribution in [2.45, 2.75) is 25.9 Å². The zero-order valence-corrected chi connectivity index (χ0v) is 10.4. The van der Waals surface area contributed by atoms with Crippen molar-refractivity contribution in [2.75, 3.05) is 10.5 Å². The lowest BCUT2D eigenvalue weighted by atomic mass is 10.2. The van der Waals surface area contributed by atoms with Gasteiger partial charge >= 0.3 is 0 Å². The minimum absolute atomic E-state index is 0.0330. The molecule has 94 valence electrons. The molecule has 0 aliphatic heterocycles. The average molecular weight is 255 g/mol. The van der Waals surface area contributed by atoms with Gasteiger partial charge in [0.05, 0.1) is 12.4 Å². The van der Waals surface area contributed by atoms with Crippen LogP contribution in [0.15, 0.2) is 24.3 Å². The normalized spacial score (nSPS) is 15.8.